The number of nitrogens with zero attached hydrogens (tertiary/aromatic N) is 1. The van der Waals surface area contributed by atoms with Gasteiger partial charge in [0.2, 0.25) is 0 Å². The zero-order chi connectivity index (χ0) is 10.6. The molecule has 0 aliphatic carbocycles. The lowest BCUT2D eigenvalue weighted by molar-refractivity contribution is -0.000310. The van der Waals surface area contributed by atoms with Crippen LogP contribution >= 0.6 is 11.8 Å². The Bertz CT molecular complexity index is 164. The fourth-order valence-electron chi connectivity index (χ4n) is 1.13. The topological polar surface area (TPSA) is 47.5 Å². The van der Waals surface area contributed by atoms with Gasteiger partial charge in [-0.3, -0.25) is 10.2 Å². The quantitative estimate of drug-likeness (QED) is 0.411. The van der Waals surface area contributed by atoms with Crippen molar-refractivity contribution in [3.63, 3.8) is 0 Å². The summed E-state index contributed by atoms with van der Waals surface area (Å²) in [6.45, 7) is 3.04. The first-order valence-corrected chi connectivity index (χ1v) is 6.10. The molecule has 0 amide bonds. The van der Waals surface area contributed by atoms with Crippen molar-refractivity contribution in [2.24, 2.45) is 0 Å². The molecule has 0 aromatic rings. The number of hydrogen-bond acceptors (Lipinski definition) is 5. The number of nitrogens with one attached hydrogen (secondary N) is 2. The van der Waals surface area contributed by atoms with Crippen molar-refractivity contribution in [1.29, 1.82) is 0 Å². The van der Waals surface area contributed by atoms with Gasteiger partial charge in [0.25, 0.3) is 0 Å². The zero-order valence-electron chi connectivity index (χ0n) is 9.16. The van der Waals surface area contributed by atoms with E-state index in [1.54, 1.807) is 4.90 Å². The van der Waals surface area contributed by atoms with Crippen LogP contribution in [0.15, 0.2) is 0 Å². The van der Waals surface area contributed by atoms with Crippen molar-refractivity contribution in [2.45, 2.75) is 31.1 Å². The third kappa shape index (κ3) is 5.17. The average Bonchev–Trinajstić information content (AvgIpc) is 2.87. The Kier molecular flexibility index (Phi) is 5.19. The van der Waals surface area contributed by atoms with Gasteiger partial charge in [0.05, 0.1) is 6.17 Å². The van der Waals surface area contributed by atoms with Crippen LogP contribution in [0.3, 0.4) is 0 Å². The summed E-state index contributed by atoms with van der Waals surface area (Å²) in [6.07, 6.45) is 0.804. The van der Waals surface area contributed by atoms with Crippen LogP contribution in [0.5, 0.6) is 0 Å². The van der Waals surface area contributed by atoms with Gasteiger partial charge in [-0.25, -0.2) is 0 Å². The first-order chi connectivity index (χ1) is 6.59. The first-order valence-electron chi connectivity index (χ1n) is 5.05. The normalized spacial score (nSPS) is 25.1. The molecule has 0 bridgehead atoms. The highest BCUT2D eigenvalue weighted by Gasteiger charge is 2.21. The second kappa shape index (κ2) is 5.92. The molecule has 14 heavy (non-hydrogen) atoms. The molecule has 1 saturated heterocycles. The second-order valence-electron chi connectivity index (χ2n) is 3.92. The van der Waals surface area contributed by atoms with Crippen LogP contribution in [0, 0.1) is 0 Å². The fraction of sp³-hybridized carbons (Fsp3) is 1.00. The molecule has 3 unspecified atom stereocenters. The maximum absolute atomic E-state index is 9.49. The van der Waals surface area contributed by atoms with Gasteiger partial charge in [0.1, 0.15) is 0 Å². The van der Waals surface area contributed by atoms with Crippen LogP contribution < -0.4 is 10.6 Å². The summed E-state index contributed by atoms with van der Waals surface area (Å²) in [5, 5.41) is 16.7. The third-order valence-corrected chi connectivity index (χ3v) is 3.25. The van der Waals surface area contributed by atoms with E-state index in [4.69, 9.17) is 0 Å². The van der Waals surface area contributed by atoms with Crippen molar-refractivity contribution >= 4 is 11.8 Å². The summed E-state index contributed by atoms with van der Waals surface area (Å²) in [5.41, 5.74) is 0. The minimum absolute atomic E-state index is 0.149. The molecule has 1 aliphatic heterocycles. The Balaban J connectivity index is 1.99. The molecule has 1 heterocycles. The zero-order valence-corrected chi connectivity index (χ0v) is 9.97. The molecule has 1 fully saturated rings. The molecule has 3 N–H and O–H groups in total. The van der Waals surface area contributed by atoms with Crippen LogP contribution in [0.1, 0.15) is 13.3 Å². The number of thioether (sulfide) groups is 1. The third-order valence-electron chi connectivity index (χ3n) is 2.21. The van der Waals surface area contributed by atoms with Crippen LogP contribution in [0.4, 0.5) is 0 Å². The number of rotatable bonds is 7. The van der Waals surface area contributed by atoms with Crippen molar-refractivity contribution in [1.82, 2.24) is 15.5 Å². The maximum Gasteiger partial charge on any atom is 0.163 e. The lowest BCUT2D eigenvalue weighted by Crippen LogP contribution is -2.51. The van der Waals surface area contributed by atoms with E-state index in [1.165, 1.54) is 12.2 Å². The lowest BCUT2D eigenvalue weighted by Gasteiger charge is -2.24. The predicted octanol–water partition coefficient (Wildman–Crippen LogP) is -0.145. The number of hydrogen-bond donors (Lipinski definition) is 3. The van der Waals surface area contributed by atoms with Gasteiger partial charge in [0.15, 0.2) is 6.35 Å². The van der Waals surface area contributed by atoms with E-state index in [2.05, 4.69) is 10.6 Å². The predicted molar refractivity (Wildman–Crippen MR) is 61.2 cm³/mol. The molecule has 84 valence electrons. The maximum atomic E-state index is 9.49. The molecular weight excluding hydrogens is 198 g/mol. The molecule has 1 aliphatic rings. The Morgan fingerprint density at radius 3 is 2.71 bits per heavy atom. The standard InChI is InChI=1S/C9H21N3OS/c1-7(11-9(13)12(2)3)10-5-4-8-6-14-8/h7-11,13H,4-6H2,1-3H3. The summed E-state index contributed by atoms with van der Waals surface area (Å²) >= 11 is 2.02. The Morgan fingerprint density at radius 1 is 1.57 bits per heavy atom. The summed E-state index contributed by atoms with van der Waals surface area (Å²) in [7, 11) is 3.68. The lowest BCUT2D eigenvalue weighted by atomic mass is 10.3. The van der Waals surface area contributed by atoms with E-state index in [0.29, 0.717) is 0 Å². The largest absolute Gasteiger partial charge is 0.365 e. The van der Waals surface area contributed by atoms with Crippen LogP contribution in [0.2, 0.25) is 0 Å². The van der Waals surface area contributed by atoms with Crippen LogP contribution in [-0.2, 0) is 0 Å². The summed E-state index contributed by atoms with van der Waals surface area (Å²) in [4.78, 5) is 1.73. The van der Waals surface area contributed by atoms with Gasteiger partial charge in [-0.05, 0) is 34.0 Å². The highest BCUT2D eigenvalue weighted by atomic mass is 32.2. The van der Waals surface area contributed by atoms with Crippen molar-refractivity contribution in [3.05, 3.63) is 0 Å². The minimum Gasteiger partial charge on any atom is -0.365 e. The number of aliphatic hydroxyl groups excluding tert-OH is 1. The van der Waals surface area contributed by atoms with Crippen molar-refractivity contribution in [3.8, 4) is 0 Å². The molecule has 0 radical (unpaired) electrons. The van der Waals surface area contributed by atoms with Gasteiger partial charge >= 0.3 is 0 Å². The highest BCUT2D eigenvalue weighted by molar-refractivity contribution is 8.06. The summed E-state index contributed by atoms with van der Waals surface area (Å²) in [5.74, 6) is 1.32. The average molecular weight is 219 g/mol. The molecular formula is C9H21N3OS. The summed E-state index contributed by atoms with van der Waals surface area (Å²) < 4.78 is 0. The molecule has 3 atom stereocenters. The summed E-state index contributed by atoms with van der Waals surface area (Å²) in [6, 6.07) is 0. The molecule has 0 saturated carbocycles. The van der Waals surface area contributed by atoms with E-state index in [-0.39, 0.29) is 6.17 Å². The highest BCUT2D eigenvalue weighted by Crippen LogP contribution is 2.32. The molecule has 4 nitrogen and oxygen atoms in total. The molecule has 5 heteroatoms. The molecule has 1 rings (SSSR count). The van der Waals surface area contributed by atoms with Gasteiger partial charge in [0, 0.05) is 11.0 Å². The van der Waals surface area contributed by atoms with Crippen LogP contribution in [-0.4, -0.2) is 54.2 Å². The van der Waals surface area contributed by atoms with Gasteiger partial charge < -0.3 is 10.4 Å². The SMILES string of the molecule is CC(NCCC1CS1)NC(O)N(C)C. The van der Waals surface area contributed by atoms with Crippen LogP contribution in [0.25, 0.3) is 0 Å². The van der Waals surface area contributed by atoms with E-state index in [9.17, 15) is 5.11 Å². The molecule has 0 aromatic heterocycles. The van der Waals surface area contributed by atoms with E-state index in [0.717, 1.165) is 11.8 Å². The smallest absolute Gasteiger partial charge is 0.163 e. The van der Waals surface area contributed by atoms with Crippen molar-refractivity contribution < 1.29 is 5.11 Å². The minimum atomic E-state index is -0.576. The van der Waals surface area contributed by atoms with Gasteiger partial charge in [-0.2, -0.15) is 11.8 Å². The Labute approximate surface area is 90.4 Å². The monoisotopic (exact) mass is 219 g/mol. The van der Waals surface area contributed by atoms with Gasteiger partial charge in [-0.15, -0.1) is 0 Å². The fourth-order valence-corrected chi connectivity index (χ4v) is 1.71. The van der Waals surface area contributed by atoms with Gasteiger partial charge in [-0.1, -0.05) is 0 Å². The Morgan fingerprint density at radius 2 is 2.21 bits per heavy atom. The molecule has 0 spiro atoms. The second-order valence-corrected chi connectivity index (χ2v) is 5.26. The molecule has 0 aromatic carbocycles. The number of aliphatic hydroxyl groups is 1. The van der Waals surface area contributed by atoms with E-state index in [1.807, 2.05) is 32.8 Å². The first kappa shape index (κ1) is 12.3. The van der Waals surface area contributed by atoms with Crippen molar-refractivity contribution in [2.75, 3.05) is 26.4 Å². The Hall–Kier alpha value is 0.190. The van der Waals surface area contributed by atoms with E-state index < -0.39 is 6.35 Å². The van der Waals surface area contributed by atoms with E-state index >= 15 is 0 Å².